The molecule has 8 nitrogen and oxygen atoms in total. The van der Waals surface area contributed by atoms with Gasteiger partial charge in [-0.3, -0.25) is 14.9 Å². The van der Waals surface area contributed by atoms with Crippen molar-refractivity contribution in [3.05, 3.63) is 52.1 Å². The molecule has 21 heavy (non-hydrogen) atoms. The average molecular weight is 289 g/mol. The van der Waals surface area contributed by atoms with Gasteiger partial charge in [-0.25, -0.2) is 4.98 Å². The van der Waals surface area contributed by atoms with Crippen LogP contribution in [0, 0.1) is 10.1 Å². The predicted octanol–water partition coefficient (Wildman–Crippen LogP) is 1.68. The molecule has 0 saturated heterocycles. The van der Waals surface area contributed by atoms with Gasteiger partial charge in [0.25, 0.3) is 11.6 Å². The van der Waals surface area contributed by atoms with E-state index in [1.165, 1.54) is 18.2 Å². The van der Waals surface area contributed by atoms with Crippen molar-refractivity contribution in [2.45, 2.75) is 13.5 Å². The summed E-state index contributed by atoms with van der Waals surface area (Å²) in [7, 11) is 0. The lowest BCUT2D eigenvalue weighted by atomic mass is 10.1. The number of H-pyrrole nitrogens is 1. The van der Waals surface area contributed by atoms with Gasteiger partial charge in [0.2, 0.25) is 0 Å². The van der Waals surface area contributed by atoms with E-state index in [-0.39, 0.29) is 17.8 Å². The summed E-state index contributed by atoms with van der Waals surface area (Å²) < 4.78 is 0. The Morgan fingerprint density at radius 3 is 2.90 bits per heavy atom. The van der Waals surface area contributed by atoms with Gasteiger partial charge >= 0.3 is 0 Å². The lowest BCUT2D eigenvalue weighted by molar-refractivity contribution is -0.384. The maximum atomic E-state index is 12.2. The minimum atomic E-state index is -0.529. The van der Waals surface area contributed by atoms with E-state index in [9.17, 15) is 14.9 Å². The molecule has 1 heterocycles. The van der Waals surface area contributed by atoms with Crippen LogP contribution in [0.1, 0.15) is 23.1 Å². The maximum Gasteiger partial charge on any atom is 0.270 e. The molecule has 0 fully saturated rings. The molecule has 1 aromatic heterocycles. The highest BCUT2D eigenvalue weighted by Crippen LogP contribution is 2.22. The topological polar surface area (TPSA) is 113 Å². The van der Waals surface area contributed by atoms with E-state index in [1.807, 2.05) is 6.92 Å². The van der Waals surface area contributed by atoms with Crippen LogP contribution in [0.5, 0.6) is 0 Å². The first kappa shape index (κ1) is 14.5. The van der Waals surface area contributed by atoms with Gasteiger partial charge in [-0.2, -0.15) is 0 Å². The number of carbonyl (C=O) groups excluding carboxylic acids is 1. The van der Waals surface area contributed by atoms with E-state index >= 15 is 0 Å². The Bertz CT molecular complexity index is 639. The van der Waals surface area contributed by atoms with Gasteiger partial charge in [-0.15, -0.1) is 0 Å². The first-order chi connectivity index (χ1) is 10.1. The Morgan fingerprint density at radius 1 is 1.48 bits per heavy atom. The first-order valence-electron chi connectivity index (χ1n) is 6.40. The van der Waals surface area contributed by atoms with E-state index in [0.29, 0.717) is 18.1 Å². The molecule has 110 valence electrons. The summed E-state index contributed by atoms with van der Waals surface area (Å²) in [5.41, 5.74) is 0.664. The molecule has 0 aliphatic heterocycles. The van der Waals surface area contributed by atoms with E-state index in [2.05, 4.69) is 20.6 Å². The lowest BCUT2D eigenvalue weighted by Crippen LogP contribution is -2.24. The molecule has 2 rings (SSSR count). The summed E-state index contributed by atoms with van der Waals surface area (Å²) in [6, 6.07) is 4.15. The Morgan fingerprint density at radius 2 is 2.29 bits per heavy atom. The van der Waals surface area contributed by atoms with Crippen molar-refractivity contribution in [1.29, 1.82) is 0 Å². The van der Waals surface area contributed by atoms with Crippen LogP contribution in [0.3, 0.4) is 0 Å². The monoisotopic (exact) mass is 289 g/mol. The quantitative estimate of drug-likeness (QED) is 0.553. The fourth-order valence-electron chi connectivity index (χ4n) is 1.83. The molecule has 0 aliphatic rings. The summed E-state index contributed by atoms with van der Waals surface area (Å²) >= 11 is 0. The van der Waals surface area contributed by atoms with E-state index in [1.54, 1.807) is 12.4 Å². The highest BCUT2D eigenvalue weighted by atomic mass is 16.6. The number of anilines is 1. The van der Waals surface area contributed by atoms with Crippen molar-refractivity contribution in [3.8, 4) is 0 Å². The number of rotatable bonds is 6. The predicted molar refractivity (Wildman–Crippen MR) is 77.0 cm³/mol. The lowest BCUT2D eigenvalue weighted by Gasteiger charge is -2.10. The molecular weight excluding hydrogens is 274 g/mol. The number of imidazole rings is 1. The minimum absolute atomic E-state index is 0.125. The Balaban J connectivity index is 2.20. The number of benzene rings is 1. The molecule has 1 amide bonds. The second kappa shape index (κ2) is 6.51. The smallest absolute Gasteiger partial charge is 0.270 e. The van der Waals surface area contributed by atoms with Gasteiger partial charge in [-0.05, 0) is 13.0 Å². The summed E-state index contributed by atoms with van der Waals surface area (Å²) in [5, 5.41) is 16.5. The molecule has 8 heteroatoms. The second-order valence-corrected chi connectivity index (χ2v) is 4.24. The zero-order valence-corrected chi connectivity index (χ0v) is 11.4. The van der Waals surface area contributed by atoms with Gasteiger partial charge in [0, 0.05) is 36.8 Å². The molecule has 0 saturated carbocycles. The minimum Gasteiger partial charge on any atom is -0.385 e. The van der Waals surface area contributed by atoms with Crippen molar-refractivity contribution >= 4 is 17.3 Å². The van der Waals surface area contributed by atoms with Crippen molar-refractivity contribution < 1.29 is 9.72 Å². The number of amides is 1. The molecule has 3 N–H and O–H groups in total. The molecule has 0 unspecified atom stereocenters. The molecule has 1 aromatic carbocycles. The normalized spacial score (nSPS) is 10.1. The third-order valence-corrected chi connectivity index (χ3v) is 2.80. The SMILES string of the molecule is CCNc1ccc([N+](=O)[O-])cc1C(=O)NCc1ncc[nH]1. The number of nitro groups is 1. The van der Waals surface area contributed by atoms with Crippen molar-refractivity contribution in [1.82, 2.24) is 15.3 Å². The molecule has 0 atom stereocenters. The Hall–Kier alpha value is -2.90. The van der Waals surface area contributed by atoms with Gasteiger partial charge in [0.05, 0.1) is 17.0 Å². The highest BCUT2D eigenvalue weighted by Gasteiger charge is 2.16. The maximum absolute atomic E-state index is 12.2. The number of nitrogens with one attached hydrogen (secondary N) is 3. The number of aromatic amines is 1. The van der Waals surface area contributed by atoms with Crippen LogP contribution in [-0.2, 0) is 6.54 Å². The Kier molecular flexibility index (Phi) is 4.50. The molecule has 0 aliphatic carbocycles. The summed E-state index contributed by atoms with van der Waals surface area (Å²) in [5.74, 6) is 0.213. The second-order valence-electron chi connectivity index (χ2n) is 4.24. The number of carbonyl (C=O) groups is 1. The number of nitro benzene ring substituents is 1. The van der Waals surface area contributed by atoms with E-state index < -0.39 is 10.8 Å². The van der Waals surface area contributed by atoms with Crippen molar-refractivity contribution in [2.24, 2.45) is 0 Å². The van der Waals surface area contributed by atoms with Crippen LogP contribution >= 0.6 is 0 Å². The van der Waals surface area contributed by atoms with Crippen LogP contribution in [0.25, 0.3) is 0 Å². The molecule has 0 spiro atoms. The largest absolute Gasteiger partial charge is 0.385 e. The van der Waals surface area contributed by atoms with Gasteiger partial charge in [0.15, 0.2) is 0 Å². The average Bonchev–Trinajstić information content (AvgIpc) is 2.98. The number of hydrogen-bond acceptors (Lipinski definition) is 5. The van der Waals surface area contributed by atoms with Gasteiger partial charge in [0.1, 0.15) is 5.82 Å². The molecule has 0 radical (unpaired) electrons. The van der Waals surface area contributed by atoms with Gasteiger partial charge < -0.3 is 15.6 Å². The zero-order valence-electron chi connectivity index (χ0n) is 11.4. The number of nitrogens with zero attached hydrogens (tertiary/aromatic N) is 2. The number of hydrogen-bond donors (Lipinski definition) is 3. The Labute approximate surface area is 120 Å². The molecule has 2 aromatic rings. The first-order valence-corrected chi connectivity index (χ1v) is 6.40. The molecule has 0 bridgehead atoms. The standard InChI is InChI=1S/C13H15N5O3/c1-2-14-11-4-3-9(18(20)21)7-10(11)13(19)17-8-12-15-5-6-16-12/h3-7,14H,2,8H2,1H3,(H,15,16)(H,17,19). The van der Waals surface area contributed by atoms with Crippen LogP contribution in [-0.4, -0.2) is 27.3 Å². The molecular formula is C13H15N5O3. The summed E-state index contributed by atoms with van der Waals surface area (Å²) in [6.07, 6.45) is 3.23. The highest BCUT2D eigenvalue weighted by molar-refractivity contribution is 6.00. The third-order valence-electron chi connectivity index (χ3n) is 2.80. The van der Waals surface area contributed by atoms with Crippen molar-refractivity contribution in [2.75, 3.05) is 11.9 Å². The van der Waals surface area contributed by atoms with E-state index in [4.69, 9.17) is 0 Å². The van der Waals surface area contributed by atoms with E-state index in [0.717, 1.165) is 0 Å². The van der Waals surface area contributed by atoms with Crippen LogP contribution in [0.15, 0.2) is 30.6 Å². The van der Waals surface area contributed by atoms with Crippen LogP contribution in [0.2, 0.25) is 0 Å². The fourth-order valence-corrected chi connectivity index (χ4v) is 1.83. The number of non-ortho nitro benzene ring substituents is 1. The van der Waals surface area contributed by atoms with Crippen molar-refractivity contribution in [3.63, 3.8) is 0 Å². The summed E-state index contributed by atoms with van der Waals surface area (Å²) in [6.45, 7) is 2.71. The number of aromatic nitrogens is 2. The van der Waals surface area contributed by atoms with Crippen LogP contribution in [0.4, 0.5) is 11.4 Å². The fraction of sp³-hybridized carbons (Fsp3) is 0.231. The zero-order chi connectivity index (χ0) is 15.2. The van der Waals surface area contributed by atoms with Gasteiger partial charge in [-0.1, -0.05) is 0 Å². The summed E-state index contributed by atoms with van der Waals surface area (Å²) in [4.78, 5) is 29.4. The third kappa shape index (κ3) is 3.56. The van der Waals surface area contributed by atoms with Crippen LogP contribution < -0.4 is 10.6 Å².